The van der Waals surface area contributed by atoms with Crippen LogP contribution in [0.3, 0.4) is 0 Å². The molecule has 7 heteroatoms. The average molecular weight is 343 g/mol. The number of carboxylic acid groups (broad SMARTS) is 1. The van der Waals surface area contributed by atoms with E-state index in [1.165, 1.54) is 19.2 Å². The highest BCUT2D eigenvalue weighted by molar-refractivity contribution is 5.94. The predicted molar refractivity (Wildman–Crippen MR) is 91.2 cm³/mol. The zero-order valence-corrected chi connectivity index (χ0v) is 14.1. The molecular weight excluding hydrogens is 322 g/mol. The van der Waals surface area contributed by atoms with Gasteiger partial charge in [-0.05, 0) is 49.8 Å². The van der Waals surface area contributed by atoms with Crippen molar-refractivity contribution in [2.45, 2.75) is 32.1 Å². The Balaban J connectivity index is 1.62. The summed E-state index contributed by atoms with van der Waals surface area (Å²) in [6, 6.07) is 4.74. The number of nitrogens with one attached hydrogen (secondary N) is 2. The number of hydrogen-bond donors (Lipinski definition) is 3. The molecule has 0 saturated carbocycles. The van der Waals surface area contributed by atoms with Gasteiger partial charge in [0, 0.05) is 17.8 Å². The van der Waals surface area contributed by atoms with Crippen molar-refractivity contribution in [1.82, 2.24) is 15.5 Å². The molecule has 0 unspecified atom stereocenters. The third kappa shape index (κ3) is 3.65. The first kappa shape index (κ1) is 17.0. The number of benzene rings is 1. The number of nitrogens with zero attached hydrogens (tertiary/aromatic N) is 1. The fourth-order valence-electron chi connectivity index (χ4n) is 3.15. The van der Waals surface area contributed by atoms with Gasteiger partial charge in [0.1, 0.15) is 5.75 Å². The number of aromatic amines is 1. The van der Waals surface area contributed by atoms with Crippen LogP contribution in [0, 0.1) is 0 Å². The molecule has 3 rings (SSSR count). The summed E-state index contributed by atoms with van der Waals surface area (Å²) in [5, 5.41) is 19.0. The number of ether oxygens (including phenoxy) is 1. The first-order valence-electron chi connectivity index (χ1n) is 8.34. The highest BCUT2D eigenvalue weighted by Crippen LogP contribution is 2.23. The Morgan fingerprint density at radius 1 is 1.32 bits per heavy atom. The molecular formula is C18H21N3O4. The molecule has 1 heterocycles. The fraction of sp³-hybridized carbons (Fsp3) is 0.389. The fourth-order valence-corrected chi connectivity index (χ4v) is 3.15. The first-order valence-corrected chi connectivity index (χ1v) is 8.34. The van der Waals surface area contributed by atoms with E-state index in [9.17, 15) is 9.59 Å². The maximum absolute atomic E-state index is 12.4. The van der Waals surface area contributed by atoms with Crippen molar-refractivity contribution in [2.24, 2.45) is 0 Å². The summed E-state index contributed by atoms with van der Waals surface area (Å²) >= 11 is 0. The van der Waals surface area contributed by atoms with E-state index in [0.29, 0.717) is 24.4 Å². The standard InChI is InChI=1S/C18H21N3O4/c1-25-15-10-12(18(23)24)7-6-11(15)8-9-19-17(22)16-13-4-2-3-5-14(13)20-21-16/h6-7,10H,2-5,8-9H2,1H3,(H,19,22)(H,20,21)(H,23,24). The molecule has 3 N–H and O–H groups in total. The number of aromatic carboxylic acids is 1. The number of aryl methyl sites for hydroxylation is 1. The van der Waals surface area contributed by atoms with Crippen LogP contribution >= 0.6 is 0 Å². The number of fused-ring (bicyclic) bond motifs is 1. The lowest BCUT2D eigenvalue weighted by molar-refractivity contribution is 0.0696. The molecule has 1 aromatic heterocycles. The van der Waals surface area contributed by atoms with Gasteiger partial charge in [0.05, 0.1) is 12.7 Å². The van der Waals surface area contributed by atoms with Crippen LogP contribution in [0.1, 0.15) is 50.5 Å². The third-order valence-corrected chi connectivity index (χ3v) is 4.49. The minimum absolute atomic E-state index is 0.174. The monoisotopic (exact) mass is 343 g/mol. The van der Waals surface area contributed by atoms with Gasteiger partial charge in [-0.2, -0.15) is 5.10 Å². The largest absolute Gasteiger partial charge is 0.496 e. The Morgan fingerprint density at radius 2 is 2.12 bits per heavy atom. The van der Waals surface area contributed by atoms with Gasteiger partial charge in [-0.3, -0.25) is 9.89 Å². The van der Waals surface area contributed by atoms with E-state index in [1.807, 2.05) is 0 Å². The van der Waals surface area contributed by atoms with Crippen LogP contribution in [0.15, 0.2) is 18.2 Å². The summed E-state index contributed by atoms with van der Waals surface area (Å²) in [5.74, 6) is -0.673. The maximum Gasteiger partial charge on any atom is 0.335 e. The Labute approximate surface area is 145 Å². The number of carbonyl (C=O) groups is 2. The number of carbonyl (C=O) groups excluding carboxylic acids is 1. The van der Waals surface area contributed by atoms with Gasteiger partial charge in [-0.15, -0.1) is 0 Å². The van der Waals surface area contributed by atoms with E-state index in [1.54, 1.807) is 6.07 Å². The van der Waals surface area contributed by atoms with Crippen molar-refractivity contribution >= 4 is 11.9 Å². The number of amides is 1. The Morgan fingerprint density at radius 3 is 2.88 bits per heavy atom. The second-order valence-electron chi connectivity index (χ2n) is 6.07. The van der Waals surface area contributed by atoms with Crippen molar-refractivity contribution in [3.63, 3.8) is 0 Å². The highest BCUT2D eigenvalue weighted by Gasteiger charge is 2.21. The molecule has 2 aromatic rings. The van der Waals surface area contributed by atoms with Crippen molar-refractivity contribution in [2.75, 3.05) is 13.7 Å². The number of aromatic nitrogens is 2. The van der Waals surface area contributed by atoms with Crippen LogP contribution in [0.5, 0.6) is 5.75 Å². The van der Waals surface area contributed by atoms with E-state index in [-0.39, 0.29) is 11.5 Å². The molecule has 0 spiro atoms. The van der Waals surface area contributed by atoms with Crippen LogP contribution in [0.2, 0.25) is 0 Å². The van der Waals surface area contributed by atoms with Gasteiger partial charge in [-0.1, -0.05) is 6.07 Å². The lowest BCUT2D eigenvalue weighted by Gasteiger charge is -2.12. The molecule has 1 aliphatic rings. The smallest absolute Gasteiger partial charge is 0.335 e. The molecule has 1 aromatic carbocycles. The topological polar surface area (TPSA) is 104 Å². The van der Waals surface area contributed by atoms with Crippen LogP contribution in [0.25, 0.3) is 0 Å². The average Bonchev–Trinajstić information content (AvgIpc) is 3.05. The molecule has 0 fully saturated rings. The zero-order valence-electron chi connectivity index (χ0n) is 14.1. The van der Waals surface area contributed by atoms with Crippen molar-refractivity contribution < 1.29 is 19.4 Å². The molecule has 1 aliphatic carbocycles. The van der Waals surface area contributed by atoms with Crippen LogP contribution in [-0.4, -0.2) is 40.8 Å². The van der Waals surface area contributed by atoms with Crippen LogP contribution in [0.4, 0.5) is 0 Å². The second-order valence-corrected chi connectivity index (χ2v) is 6.07. The molecule has 0 saturated heterocycles. The van der Waals surface area contributed by atoms with E-state index in [0.717, 1.165) is 42.5 Å². The number of carboxylic acids is 1. The summed E-state index contributed by atoms with van der Waals surface area (Å²) in [6.07, 6.45) is 4.59. The molecule has 7 nitrogen and oxygen atoms in total. The van der Waals surface area contributed by atoms with Gasteiger partial charge in [0.25, 0.3) is 5.91 Å². The van der Waals surface area contributed by atoms with Crippen molar-refractivity contribution in [1.29, 1.82) is 0 Å². The molecule has 0 aliphatic heterocycles. The number of H-pyrrole nitrogens is 1. The van der Waals surface area contributed by atoms with Crippen molar-refractivity contribution in [3.05, 3.63) is 46.3 Å². The normalized spacial score (nSPS) is 13.2. The molecule has 25 heavy (non-hydrogen) atoms. The Kier molecular flexibility index (Phi) is 5.02. The zero-order chi connectivity index (χ0) is 17.8. The summed E-state index contributed by atoms with van der Waals surface area (Å²) in [6.45, 7) is 0.420. The van der Waals surface area contributed by atoms with Crippen molar-refractivity contribution in [3.8, 4) is 5.75 Å². The molecule has 0 bridgehead atoms. The van der Waals surface area contributed by atoms with Crippen LogP contribution < -0.4 is 10.1 Å². The van der Waals surface area contributed by atoms with Gasteiger partial charge in [-0.25, -0.2) is 4.79 Å². The number of methoxy groups -OCH3 is 1. The van der Waals surface area contributed by atoms with Gasteiger partial charge in [0.2, 0.25) is 0 Å². The lowest BCUT2D eigenvalue weighted by atomic mass is 9.96. The SMILES string of the molecule is COc1cc(C(=O)O)ccc1CCNC(=O)c1n[nH]c2c1CCCC2. The van der Waals surface area contributed by atoms with Gasteiger partial charge < -0.3 is 15.2 Å². The minimum atomic E-state index is -0.999. The quantitative estimate of drug-likeness (QED) is 0.744. The second kappa shape index (κ2) is 7.38. The molecule has 0 atom stereocenters. The third-order valence-electron chi connectivity index (χ3n) is 4.49. The Hall–Kier alpha value is -2.83. The minimum Gasteiger partial charge on any atom is -0.496 e. The van der Waals surface area contributed by atoms with E-state index in [4.69, 9.17) is 9.84 Å². The van der Waals surface area contributed by atoms with E-state index >= 15 is 0 Å². The predicted octanol–water partition coefficient (Wildman–Crippen LogP) is 1.97. The summed E-state index contributed by atoms with van der Waals surface area (Å²) in [5.41, 5.74) is 3.61. The molecule has 132 valence electrons. The van der Waals surface area contributed by atoms with Gasteiger partial charge in [0.15, 0.2) is 5.69 Å². The number of hydrogen-bond acceptors (Lipinski definition) is 4. The number of rotatable bonds is 6. The summed E-state index contributed by atoms with van der Waals surface area (Å²) in [4.78, 5) is 23.4. The highest BCUT2D eigenvalue weighted by atomic mass is 16.5. The molecule has 0 radical (unpaired) electrons. The summed E-state index contributed by atoms with van der Waals surface area (Å²) < 4.78 is 5.25. The lowest BCUT2D eigenvalue weighted by Crippen LogP contribution is -2.27. The van der Waals surface area contributed by atoms with E-state index in [2.05, 4.69) is 15.5 Å². The van der Waals surface area contributed by atoms with Crippen LogP contribution in [-0.2, 0) is 19.3 Å². The summed E-state index contributed by atoms with van der Waals surface area (Å²) in [7, 11) is 1.50. The maximum atomic E-state index is 12.4. The van der Waals surface area contributed by atoms with Gasteiger partial charge >= 0.3 is 5.97 Å². The first-order chi connectivity index (χ1) is 12.1. The van der Waals surface area contributed by atoms with E-state index < -0.39 is 5.97 Å². The Bertz CT molecular complexity index is 798. The molecule has 1 amide bonds.